The highest BCUT2D eigenvalue weighted by molar-refractivity contribution is 5.88. The van der Waals surface area contributed by atoms with Crippen LogP contribution in [0.2, 0.25) is 0 Å². The van der Waals surface area contributed by atoms with Crippen LogP contribution in [-0.2, 0) is 176 Å². The van der Waals surface area contributed by atoms with Crippen molar-refractivity contribution in [1.29, 1.82) is 0 Å². The molecule has 0 aromatic rings. The Hall–Kier alpha value is -8.68. The van der Waals surface area contributed by atoms with Crippen molar-refractivity contribution >= 4 is 95.5 Å². The molecule has 0 N–H and O–H groups in total. The fourth-order valence-electron chi connectivity index (χ4n) is 21.9. The number of hydrogen-bond acceptors (Lipinski definition) is 37. The van der Waals surface area contributed by atoms with Gasteiger partial charge in [-0.2, -0.15) is 0 Å². The second-order valence-corrected chi connectivity index (χ2v) is 46.9. The van der Waals surface area contributed by atoms with Gasteiger partial charge in [0.25, 0.3) is 0 Å². The number of ether oxygens (including phenoxy) is 21. The summed E-state index contributed by atoms with van der Waals surface area (Å²) in [7, 11) is 5.98. The smallest absolute Gasteiger partial charge is 0.350 e. The number of rotatable bonds is 24. The van der Waals surface area contributed by atoms with Crippen molar-refractivity contribution in [3.8, 4) is 0 Å². The molecular formula is C106H160O37. The Balaban J connectivity index is 0.000000157. The van der Waals surface area contributed by atoms with Crippen molar-refractivity contribution in [2.45, 2.75) is 410 Å². The van der Waals surface area contributed by atoms with Crippen LogP contribution in [-0.4, -0.2) is 246 Å². The van der Waals surface area contributed by atoms with E-state index in [-0.39, 0.29) is 192 Å². The molecule has 13 saturated heterocycles. The van der Waals surface area contributed by atoms with Crippen LogP contribution < -0.4 is 0 Å². The van der Waals surface area contributed by atoms with Crippen molar-refractivity contribution in [3.63, 3.8) is 0 Å². The molecule has 21 rings (SSSR count). The summed E-state index contributed by atoms with van der Waals surface area (Å²) in [6.45, 7) is 45.5. The molecule has 0 amide bonds. The molecule has 21 fully saturated rings. The quantitative estimate of drug-likeness (QED) is 0.0639. The van der Waals surface area contributed by atoms with Crippen molar-refractivity contribution < 1.29 is 176 Å². The van der Waals surface area contributed by atoms with E-state index in [1.807, 2.05) is 138 Å². The van der Waals surface area contributed by atoms with Crippen molar-refractivity contribution in [3.05, 3.63) is 0 Å². The maximum Gasteiger partial charge on any atom is 0.350 e. The van der Waals surface area contributed by atoms with Gasteiger partial charge < -0.3 is 99.5 Å². The third-order valence-corrected chi connectivity index (χ3v) is 34.2. The molecule has 37 heteroatoms. The second-order valence-electron chi connectivity index (χ2n) is 46.9. The Kier molecular flexibility index (Phi) is 36.2. The molecule has 13 aliphatic heterocycles. The van der Waals surface area contributed by atoms with E-state index in [1.54, 1.807) is 41.9 Å². The Bertz CT molecular complexity index is 4570. The summed E-state index contributed by atoms with van der Waals surface area (Å²) in [4.78, 5) is 189. The zero-order valence-electron chi connectivity index (χ0n) is 89.2. The summed E-state index contributed by atoms with van der Waals surface area (Å²) in [6.07, 6.45) is 10.0. The summed E-state index contributed by atoms with van der Waals surface area (Å²) in [6, 6.07) is 0. The van der Waals surface area contributed by atoms with Gasteiger partial charge in [-0.15, -0.1) is 0 Å². The fraction of sp³-hybridized carbons (Fsp3) is 0.849. The van der Waals surface area contributed by atoms with E-state index >= 15 is 0 Å². The number of carbonyl (C=O) groups is 16. The van der Waals surface area contributed by atoms with Crippen LogP contribution in [0.25, 0.3) is 0 Å². The zero-order chi connectivity index (χ0) is 106. The molecule has 806 valence electrons. The van der Waals surface area contributed by atoms with Gasteiger partial charge in [0, 0.05) is 62.1 Å². The lowest BCUT2D eigenvalue weighted by Gasteiger charge is -2.48. The Morgan fingerprint density at radius 2 is 0.846 bits per heavy atom. The molecule has 21 aliphatic rings. The number of methoxy groups -OCH3 is 3. The van der Waals surface area contributed by atoms with E-state index in [2.05, 4.69) is 9.47 Å². The van der Waals surface area contributed by atoms with E-state index in [9.17, 15) is 76.7 Å². The van der Waals surface area contributed by atoms with Crippen LogP contribution in [0.5, 0.6) is 0 Å². The van der Waals surface area contributed by atoms with Crippen molar-refractivity contribution in [1.82, 2.24) is 0 Å². The molecule has 31 unspecified atom stereocenters. The molecule has 12 bridgehead atoms. The van der Waals surface area contributed by atoms with Crippen LogP contribution in [0, 0.1) is 121 Å². The minimum atomic E-state index is -1.07. The molecular weight excluding hydrogens is 1870 g/mol. The van der Waals surface area contributed by atoms with Crippen LogP contribution >= 0.6 is 0 Å². The van der Waals surface area contributed by atoms with Crippen molar-refractivity contribution in [2.24, 2.45) is 121 Å². The Morgan fingerprint density at radius 3 is 1.38 bits per heavy atom. The van der Waals surface area contributed by atoms with Crippen LogP contribution in [0.3, 0.4) is 0 Å². The zero-order valence-corrected chi connectivity index (χ0v) is 89.2. The van der Waals surface area contributed by atoms with Gasteiger partial charge in [0.15, 0.2) is 36.5 Å². The number of hydrogen-bond donors (Lipinski definition) is 0. The number of cyclic esters (lactones) is 1. The molecule has 0 spiro atoms. The highest BCUT2D eigenvalue weighted by Gasteiger charge is 2.72. The monoisotopic (exact) mass is 2030 g/mol. The Labute approximate surface area is 840 Å². The van der Waals surface area contributed by atoms with Crippen LogP contribution in [0.15, 0.2) is 0 Å². The third kappa shape index (κ3) is 24.3. The molecule has 0 aromatic carbocycles. The first-order valence-electron chi connectivity index (χ1n) is 51.9. The molecule has 37 nitrogen and oxygen atoms in total. The van der Waals surface area contributed by atoms with Gasteiger partial charge in [0.05, 0.1) is 113 Å². The first-order valence-corrected chi connectivity index (χ1v) is 51.9. The van der Waals surface area contributed by atoms with Gasteiger partial charge in [-0.1, -0.05) is 61.3 Å². The Morgan fingerprint density at radius 1 is 0.371 bits per heavy atom. The topological polar surface area (TPSA) is 467 Å². The summed E-state index contributed by atoms with van der Waals surface area (Å²) < 4.78 is 112. The maximum atomic E-state index is 12.4. The van der Waals surface area contributed by atoms with Gasteiger partial charge in [-0.3, -0.25) is 71.9 Å². The van der Waals surface area contributed by atoms with Crippen molar-refractivity contribution in [2.75, 3.05) is 41.7 Å². The van der Waals surface area contributed by atoms with Gasteiger partial charge in [-0.25, -0.2) is 4.79 Å². The average molecular weight is 2030 g/mol. The van der Waals surface area contributed by atoms with Gasteiger partial charge in [0.1, 0.15) is 67.1 Å². The largest absolute Gasteiger partial charge is 0.469 e. The molecule has 8 saturated carbocycles. The average Bonchev–Trinajstić information content (AvgIpc) is 1.54. The lowest BCUT2D eigenvalue weighted by Crippen LogP contribution is -2.57. The van der Waals surface area contributed by atoms with E-state index in [0.29, 0.717) is 63.4 Å². The summed E-state index contributed by atoms with van der Waals surface area (Å²) in [5.74, 6) is -4.40. The molecule has 0 radical (unpaired) electrons. The lowest BCUT2D eigenvalue weighted by molar-refractivity contribution is -0.221. The predicted octanol–water partition coefficient (Wildman–Crippen LogP) is 12.9. The highest BCUT2D eigenvalue weighted by Crippen LogP contribution is 2.61. The molecule has 31 atom stereocenters. The van der Waals surface area contributed by atoms with Crippen LogP contribution in [0.1, 0.15) is 301 Å². The summed E-state index contributed by atoms with van der Waals surface area (Å²) in [5, 5.41) is 0. The van der Waals surface area contributed by atoms with E-state index in [1.165, 1.54) is 33.5 Å². The summed E-state index contributed by atoms with van der Waals surface area (Å²) >= 11 is 0. The maximum absolute atomic E-state index is 12.4. The second kappa shape index (κ2) is 45.2. The summed E-state index contributed by atoms with van der Waals surface area (Å²) in [5.41, 5.74) is -4.17. The number of carbonyl (C=O) groups excluding carboxylic acids is 16. The first-order chi connectivity index (χ1) is 66.8. The first kappa shape index (κ1) is 115. The fourth-order valence-corrected chi connectivity index (χ4v) is 21.9. The highest BCUT2D eigenvalue weighted by atomic mass is 16.9. The van der Waals surface area contributed by atoms with Crippen LogP contribution in [0.4, 0.5) is 0 Å². The predicted molar refractivity (Wildman–Crippen MR) is 501 cm³/mol. The van der Waals surface area contributed by atoms with E-state index in [0.717, 1.165) is 64.2 Å². The standard InChI is InChI=1S/C17H24O6.C16H22O6.C15H22O7.C14H20O4.C14H22O4.C13H18O5.C8H12O2.C7H14O2.C2H6O/c1-4-17(2,3)16(20)21-6-5-12(18)22-13-9-7-10-11(8-9)15(19)23-14(10)13;1-5-16(2,3)15(19)22-12-7-6-8-10(9(7)13(17)20-4)14(18)21-11(8)12;1-6-14(2,3)13(17)20-9-7-8(18-11(9)16)10-12(19-7)22-15(4,5)21-10;1-4-14(2,3)13(16)18-11-8-5-7-6-9(8)12(15)17-10(7)11;1-5-13(2,3)12(16)17-10-8-9-6-7-14(10,4)18-11(9)15;1-4-13(2,3)12(15)18-9-7-5-6-8(16-7)10(9)17-11(6)14;9-8-7-4-2-1-3-6(7)5-10-8;1-5-7(2,3)6(8)9-4;1-3-2/h9-11,13-14H,4-8H2,1-3H3;7-12H,5-6H2,1-4H3;7-10,12H,6H2,1-5H3;7-11H,4-6H2,1-3H3;9-10H,5-8H2,1-4H3;6-10H,4-5H2,1-3H3;6-7H,1-5H2;5H2,1-4H3;1-2H3. The minimum Gasteiger partial charge on any atom is -0.469 e. The molecule has 8 aliphatic carbocycles. The number of esters is 16. The minimum absolute atomic E-state index is 0.0113. The normalized spacial score (nSPS) is 35.9. The van der Waals surface area contributed by atoms with Gasteiger partial charge in [0.2, 0.25) is 6.10 Å². The van der Waals surface area contributed by atoms with Gasteiger partial charge >= 0.3 is 95.5 Å². The number of fused-ring (bicyclic) bond motifs is 11. The third-order valence-electron chi connectivity index (χ3n) is 34.2. The molecule has 0 aromatic heterocycles. The molecule has 13 heterocycles. The SMILES string of the molecule is CCC(C)(C)C(=O)OC.CCC(C)(C)C(=O)OC1C(=O)OC2C3OC(C)(C)OC3OC12.CCC(C)(C)C(=O)OC1C2CC3C(=O)OC1C3O2.CCC(C)(C)C(=O)OC1C2CC3C1OC(=O)C3C2C(=O)OC.CCC(C)(C)C(=O)OC1C2CC3CC2C(=O)OC31.CCC(C)(C)C(=O)OC1CC2CCC1(C)OC2=O.CCC(C)(C)C(=O)OCCC(=O)OC1C2CC3C(=O)OC1C3C2.COC.O=C1OCC2CCCCC12. The molecule has 143 heavy (non-hydrogen) atoms. The lowest BCUT2D eigenvalue weighted by atomic mass is 9.74. The van der Waals surface area contributed by atoms with E-state index in [4.69, 9.17) is 90.0 Å². The van der Waals surface area contributed by atoms with E-state index < -0.39 is 135 Å². The van der Waals surface area contributed by atoms with Gasteiger partial charge in [-0.05, 0) is 227 Å².